The molecule has 5 nitrogen and oxygen atoms in total. The van der Waals surface area contributed by atoms with Crippen LogP contribution >= 0.6 is 0 Å². The summed E-state index contributed by atoms with van der Waals surface area (Å²) in [7, 11) is 0. The molecule has 0 spiro atoms. The summed E-state index contributed by atoms with van der Waals surface area (Å²) in [5, 5.41) is 29.1. The molecular weight excluding hydrogens is 336 g/mol. The van der Waals surface area contributed by atoms with E-state index in [1.165, 1.54) is 0 Å². The molecule has 4 aromatic rings. The van der Waals surface area contributed by atoms with Gasteiger partial charge in [-0.1, -0.05) is 60.7 Å². The van der Waals surface area contributed by atoms with E-state index in [2.05, 4.69) is 20.5 Å². The van der Waals surface area contributed by atoms with Crippen molar-refractivity contribution in [2.24, 2.45) is 20.5 Å². The highest BCUT2D eigenvalue weighted by Gasteiger charge is 2.11. The Morgan fingerprint density at radius 1 is 0.481 bits per heavy atom. The van der Waals surface area contributed by atoms with E-state index < -0.39 is 0 Å². The number of phenols is 1. The lowest BCUT2D eigenvalue weighted by atomic mass is 10.1. The van der Waals surface area contributed by atoms with E-state index in [1.807, 2.05) is 84.9 Å². The van der Waals surface area contributed by atoms with Gasteiger partial charge < -0.3 is 5.11 Å². The molecule has 4 aromatic carbocycles. The Labute approximate surface area is 156 Å². The molecule has 5 heteroatoms. The van der Waals surface area contributed by atoms with E-state index in [4.69, 9.17) is 0 Å². The number of hydrogen-bond acceptors (Lipinski definition) is 5. The number of aromatic hydroxyl groups is 1. The molecule has 0 saturated carbocycles. The molecule has 0 aliphatic heterocycles. The second kappa shape index (κ2) is 7.58. The van der Waals surface area contributed by atoms with Crippen LogP contribution in [0.3, 0.4) is 0 Å². The Kier molecular flexibility index (Phi) is 4.66. The third kappa shape index (κ3) is 3.72. The zero-order valence-corrected chi connectivity index (χ0v) is 14.4. The fourth-order valence-electron chi connectivity index (χ4n) is 2.70. The fourth-order valence-corrected chi connectivity index (χ4v) is 2.70. The Bertz CT molecular complexity index is 1120. The van der Waals surface area contributed by atoms with E-state index in [-0.39, 0.29) is 5.75 Å². The van der Waals surface area contributed by atoms with Crippen molar-refractivity contribution in [3.05, 3.63) is 91.0 Å². The number of phenolic OH excluding ortho intramolecular Hbond substituents is 1. The highest BCUT2D eigenvalue weighted by molar-refractivity contribution is 6.00. The van der Waals surface area contributed by atoms with Crippen molar-refractivity contribution in [3.8, 4) is 5.75 Å². The minimum atomic E-state index is 0.0731. The Morgan fingerprint density at radius 2 is 0.963 bits per heavy atom. The molecule has 0 aliphatic carbocycles. The molecule has 0 heterocycles. The van der Waals surface area contributed by atoms with E-state index in [0.717, 1.165) is 11.1 Å². The van der Waals surface area contributed by atoms with Gasteiger partial charge in [0, 0.05) is 10.8 Å². The third-order valence-corrected chi connectivity index (χ3v) is 4.03. The summed E-state index contributed by atoms with van der Waals surface area (Å²) >= 11 is 0. The third-order valence-electron chi connectivity index (χ3n) is 4.03. The number of nitrogens with zero attached hydrogens (tertiary/aromatic N) is 4. The molecule has 0 bridgehead atoms. The normalized spacial score (nSPS) is 11.6. The molecule has 0 aliphatic rings. The van der Waals surface area contributed by atoms with Crippen molar-refractivity contribution in [2.75, 3.05) is 0 Å². The van der Waals surface area contributed by atoms with Gasteiger partial charge >= 0.3 is 0 Å². The van der Waals surface area contributed by atoms with Gasteiger partial charge in [0.15, 0.2) is 5.75 Å². The van der Waals surface area contributed by atoms with Crippen LogP contribution in [0.1, 0.15) is 0 Å². The Morgan fingerprint density at radius 3 is 1.56 bits per heavy atom. The zero-order chi connectivity index (χ0) is 18.5. The van der Waals surface area contributed by atoms with Crippen LogP contribution < -0.4 is 0 Å². The van der Waals surface area contributed by atoms with Gasteiger partial charge in [0.1, 0.15) is 5.69 Å². The maximum absolute atomic E-state index is 10.6. The summed E-state index contributed by atoms with van der Waals surface area (Å²) in [4.78, 5) is 0. The molecule has 1 N–H and O–H groups in total. The van der Waals surface area contributed by atoms with Crippen LogP contribution in [-0.4, -0.2) is 5.11 Å². The summed E-state index contributed by atoms with van der Waals surface area (Å²) in [5.41, 5.74) is 2.42. The lowest BCUT2D eigenvalue weighted by Gasteiger charge is -2.06. The molecule has 0 fully saturated rings. The van der Waals surface area contributed by atoms with Gasteiger partial charge in [-0.2, -0.15) is 10.2 Å². The summed E-state index contributed by atoms with van der Waals surface area (Å²) in [6.07, 6.45) is 0. The molecule has 0 radical (unpaired) electrons. The first-order valence-corrected chi connectivity index (χ1v) is 8.49. The van der Waals surface area contributed by atoms with Gasteiger partial charge in [-0.3, -0.25) is 0 Å². The van der Waals surface area contributed by atoms with E-state index in [1.54, 1.807) is 6.07 Å². The maximum atomic E-state index is 10.6. The topological polar surface area (TPSA) is 69.7 Å². The number of hydrogen-bond donors (Lipinski definition) is 1. The average Bonchev–Trinajstić information content (AvgIpc) is 2.74. The second-order valence-electron chi connectivity index (χ2n) is 5.88. The van der Waals surface area contributed by atoms with Crippen molar-refractivity contribution < 1.29 is 5.11 Å². The van der Waals surface area contributed by atoms with Gasteiger partial charge in [-0.15, -0.1) is 10.2 Å². The van der Waals surface area contributed by atoms with Crippen LogP contribution in [-0.2, 0) is 0 Å². The largest absolute Gasteiger partial charge is 0.505 e. The van der Waals surface area contributed by atoms with Gasteiger partial charge in [0.05, 0.1) is 17.1 Å². The first-order valence-electron chi connectivity index (χ1n) is 8.49. The molecular formula is C22H16N4O. The zero-order valence-electron chi connectivity index (χ0n) is 14.4. The van der Waals surface area contributed by atoms with Crippen molar-refractivity contribution in [1.82, 2.24) is 0 Å². The van der Waals surface area contributed by atoms with Gasteiger partial charge in [0.25, 0.3) is 0 Å². The monoisotopic (exact) mass is 352 g/mol. The molecule has 0 unspecified atom stereocenters. The molecule has 0 atom stereocenters. The van der Waals surface area contributed by atoms with Crippen LogP contribution in [0.4, 0.5) is 22.7 Å². The van der Waals surface area contributed by atoms with Gasteiger partial charge in [-0.25, -0.2) is 0 Å². The minimum Gasteiger partial charge on any atom is -0.505 e. The maximum Gasteiger partial charge on any atom is 0.151 e. The number of rotatable bonds is 4. The molecule has 0 saturated heterocycles. The summed E-state index contributed by atoms with van der Waals surface area (Å²) in [5.74, 6) is 0.0731. The smallest absolute Gasteiger partial charge is 0.151 e. The summed E-state index contributed by atoms with van der Waals surface area (Å²) in [6, 6.07) is 28.0. The standard InChI is InChI=1S/C22H16N4O/c27-22-19-14-8-7-13-18(19)20(25-23-16-9-3-1-4-10-16)15-21(22)26-24-17-11-5-2-6-12-17/h1-15,27H. The Balaban J connectivity index is 1.79. The minimum absolute atomic E-state index is 0.0731. The SMILES string of the molecule is Oc1c(N=Nc2ccccc2)cc(N=Nc2ccccc2)c2ccccc12. The van der Waals surface area contributed by atoms with Crippen LogP contribution in [0, 0.1) is 0 Å². The van der Waals surface area contributed by atoms with Crippen LogP contribution in [0.15, 0.2) is 111 Å². The van der Waals surface area contributed by atoms with Crippen molar-refractivity contribution in [3.63, 3.8) is 0 Å². The lowest BCUT2D eigenvalue weighted by molar-refractivity contribution is 0.482. The van der Waals surface area contributed by atoms with E-state index >= 15 is 0 Å². The van der Waals surface area contributed by atoms with Crippen LogP contribution in [0.2, 0.25) is 0 Å². The number of fused-ring (bicyclic) bond motifs is 1. The molecule has 0 aromatic heterocycles. The lowest BCUT2D eigenvalue weighted by Crippen LogP contribution is -1.77. The molecule has 130 valence electrons. The molecule has 0 amide bonds. The highest BCUT2D eigenvalue weighted by atomic mass is 16.3. The first kappa shape index (κ1) is 16.6. The molecule has 4 rings (SSSR count). The predicted octanol–water partition coefficient (Wildman–Crippen LogP) is 7.38. The van der Waals surface area contributed by atoms with Crippen LogP contribution in [0.5, 0.6) is 5.75 Å². The van der Waals surface area contributed by atoms with E-state index in [9.17, 15) is 5.11 Å². The Hall–Kier alpha value is -3.86. The second-order valence-corrected chi connectivity index (χ2v) is 5.88. The summed E-state index contributed by atoms with van der Waals surface area (Å²) < 4.78 is 0. The quantitative estimate of drug-likeness (QED) is 0.382. The van der Waals surface area contributed by atoms with Crippen molar-refractivity contribution in [2.45, 2.75) is 0 Å². The van der Waals surface area contributed by atoms with Gasteiger partial charge in [0.2, 0.25) is 0 Å². The average molecular weight is 352 g/mol. The molecule has 27 heavy (non-hydrogen) atoms. The van der Waals surface area contributed by atoms with Crippen molar-refractivity contribution >= 4 is 33.5 Å². The first-order chi connectivity index (χ1) is 13.3. The van der Waals surface area contributed by atoms with Crippen molar-refractivity contribution in [1.29, 1.82) is 0 Å². The number of azo groups is 2. The van der Waals surface area contributed by atoms with Crippen LogP contribution in [0.25, 0.3) is 10.8 Å². The predicted molar refractivity (Wildman–Crippen MR) is 107 cm³/mol. The van der Waals surface area contributed by atoms with E-state index in [0.29, 0.717) is 22.4 Å². The summed E-state index contributed by atoms with van der Waals surface area (Å²) in [6.45, 7) is 0. The fraction of sp³-hybridized carbons (Fsp3) is 0. The highest BCUT2D eigenvalue weighted by Crippen LogP contribution is 2.41. The van der Waals surface area contributed by atoms with Gasteiger partial charge in [-0.05, 0) is 30.3 Å². The number of benzene rings is 4.